The van der Waals surface area contributed by atoms with E-state index in [-0.39, 0.29) is 6.04 Å². The summed E-state index contributed by atoms with van der Waals surface area (Å²) < 4.78 is 4.28. The Balaban J connectivity index is 2.30. The summed E-state index contributed by atoms with van der Waals surface area (Å²) in [5, 5.41) is 3.54. The van der Waals surface area contributed by atoms with Crippen molar-refractivity contribution in [2.45, 2.75) is 19.9 Å². The first-order valence-electron chi connectivity index (χ1n) is 6.05. The first kappa shape index (κ1) is 16.5. The van der Waals surface area contributed by atoms with Gasteiger partial charge in [0.15, 0.2) is 0 Å². The maximum absolute atomic E-state index is 3.62. The zero-order valence-electron chi connectivity index (χ0n) is 11.0. The number of nitrogens with one attached hydrogen (secondary N) is 1. The lowest BCUT2D eigenvalue weighted by Gasteiger charge is -2.20. The number of anilines is 1. The van der Waals surface area contributed by atoms with Crippen LogP contribution in [-0.4, -0.2) is 0 Å². The van der Waals surface area contributed by atoms with Crippen molar-refractivity contribution in [3.63, 3.8) is 0 Å². The van der Waals surface area contributed by atoms with E-state index in [0.717, 1.165) is 23.6 Å². The fourth-order valence-corrected chi connectivity index (χ4v) is 5.02. The molecule has 0 aliphatic carbocycles. The topological polar surface area (TPSA) is 12.0 Å². The Kier molecular flexibility index (Phi) is 5.74. The maximum atomic E-state index is 3.62. The summed E-state index contributed by atoms with van der Waals surface area (Å²) in [6, 6.07) is 10.6. The first-order chi connectivity index (χ1) is 9.38. The van der Waals surface area contributed by atoms with Crippen molar-refractivity contribution in [2.24, 2.45) is 0 Å². The quantitative estimate of drug-likeness (QED) is 0.445. The van der Waals surface area contributed by atoms with Crippen molar-refractivity contribution in [3.8, 4) is 0 Å². The van der Waals surface area contributed by atoms with Gasteiger partial charge in [0.1, 0.15) is 0 Å². The van der Waals surface area contributed by atoms with Crippen LogP contribution < -0.4 is 5.32 Å². The SMILES string of the molecule is Cc1cc(Br)c(NC(C)c2ccc(Br)cc2Br)c(Br)c1. The van der Waals surface area contributed by atoms with Gasteiger partial charge in [0, 0.05) is 23.9 Å². The van der Waals surface area contributed by atoms with Gasteiger partial charge in [-0.2, -0.15) is 0 Å². The molecule has 1 unspecified atom stereocenters. The molecule has 5 heteroatoms. The highest BCUT2D eigenvalue weighted by Gasteiger charge is 2.13. The lowest BCUT2D eigenvalue weighted by molar-refractivity contribution is 0.875. The normalized spacial score (nSPS) is 12.3. The van der Waals surface area contributed by atoms with Crippen LogP contribution in [0.25, 0.3) is 0 Å². The molecular formula is C15H13Br4N. The molecule has 0 saturated carbocycles. The van der Waals surface area contributed by atoms with E-state index in [1.54, 1.807) is 0 Å². The van der Waals surface area contributed by atoms with Crippen molar-refractivity contribution >= 4 is 69.4 Å². The monoisotopic (exact) mass is 523 g/mol. The molecule has 0 aliphatic rings. The largest absolute Gasteiger partial charge is 0.377 e. The van der Waals surface area contributed by atoms with Crippen molar-refractivity contribution in [3.05, 3.63) is 59.3 Å². The number of hydrogen-bond acceptors (Lipinski definition) is 1. The van der Waals surface area contributed by atoms with Gasteiger partial charge in [-0.05, 0) is 81.1 Å². The van der Waals surface area contributed by atoms with Crippen LogP contribution in [0.15, 0.2) is 48.2 Å². The molecule has 0 heterocycles. The van der Waals surface area contributed by atoms with Gasteiger partial charge in [0.25, 0.3) is 0 Å². The standard InChI is InChI=1S/C15H13Br4N/c1-8-5-13(18)15(14(19)6-8)20-9(2)11-4-3-10(16)7-12(11)17/h3-7,9,20H,1-2H3. The molecule has 0 radical (unpaired) electrons. The molecule has 106 valence electrons. The molecule has 20 heavy (non-hydrogen) atoms. The van der Waals surface area contributed by atoms with Crippen molar-refractivity contribution in [1.29, 1.82) is 0 Å². The van der Waals surface area contributed by atoms with E-state index in [1.165, 1.54) is 11.1 Å². The summed E-state index contributed by atoms with van der Waals surface area (Å²) in [7, 11) is 0. The molecule has 0 bridgehead atoms. The van der Waals surface area contributed by atoms with Crippen LogP contribution in [-0.2, 0) is 0 Å². The summed E-state index contributed by atoms with van der Waals surface area (Å²) in [6.45, 7) is 4.22. The highest BCUT2D eigenvalue weighted by atomic mass is 79.9. The van der Waals surface area contributed by atoms with Crippen LogP contribution in [0.4, 0.5) is 5.69 Å². The van der Waals surface area contributed by atoms with E-state index in [4.69, 9.17) is 0 Å². The zero-order chi connectivity index (χ0) is 14.9. The number of halogens is 4. The van der Waals surface area contributed by atoms with E-state index in [0.29, 0.717) is 0 Å². The average molecular weight is 527 g/mol. The molecule has 2 rings (SSSR count). The molecule has 1 N–H and O–H groups in total. The van der Waals surface area contributed by atoms with Crippen molar-refractivity contribution < 1.29 is 0 Å². The zero-order valence-corrected chi connectivity index (χ0v) is 17.3. The summed E-state index contributed by atoms with van der Waals surface area (Å²) >= 11 is 14.3. The molecule has 0 amide bonds. The average Bonchev–Trinajstić information content (AvgIpc) is 2.33. The molecule has 1 nitrogen and oxygen atoms in total. The predicted molar refractivity (Wildman–Crippen MR) is 100 cm³/mol. The summed E-state index contributed by atoms with van der Waals surface area (Å²) in [5.74, 6) is 0. The molecule has 0 aromatic heterocycles. The summed E-state index contributed by atoms with van der Waals surface area (Å²) in [4.78, 5) is 0. The number of rotatable bonds is 3. The van der Waals surface area contributed by atoms with Gasteiger partial charge in [-0.3, -0.25) is 0 Å². The molecule has 1 atom stereocenters. The Morgan fingerprint density at radius 3 is 2.05 bits per heavy atom. The second-order valence-corrected chi connectivity index (χ2v) is 8.11. The Hall–Kier alpha value is 0.160. The van der Waals surface area contributed by atoms with Crippen LogP contribution in [0, 0.1) is 6.92 Å². The van der Waals surface area contributed by atoms with Crippen molar-refractivity contribution in [2.75, 3.05) is 5.32 Å². The number of aryl methyl sites for hydroxylation is 1. The minimum atomic E-state index is 0.188. The third kappa shape index (κ3) is 3.87. The fraction of sp³-hybridized carbons (Fsp3) is 0.200. The van der Waals surface area contributed by atoms with Gasteiger partial charge < -0.3 is 5.32 Å². The van der Waals surface area contributed by atoms with Crippen LogP contribution in [0.1, 0.15) is 24.1 Å². The highest BCUT2D eigenvalue weighted by molar-refractivity contribution is 9.11. The van der Waals surface area contributed by atoms with Crippen molar-refractivity contribution in [1.82, 2.24) is 0 Å². The van der Waals surface area contributed by atoms with Gasteiger partial charge in [-0.25, -0.2) is 0 Å². The first-order valence-corrected chi connectivity index (χ1v) is 9.23. The third-order valence-corrected chi connectivity index (χ3v) is 5.41. The van der Waals surface area contributed by atoms with E-state index in [2.05, 4.69) is 113 Å². The van der Waals surface area contributed by atoms with E-state index in [9.17, 15) is 0 Å². The Morgan fingerprint density at radius 1 is 0.900 bits per heavy atom. The molecule has 0 saturated heterocycles. The minimum Gasteiger partial charge on any atom is -0.377 e. The summed E-state index contributed by atoms with van der Waals surface area (Å²) in [5.41, 5.74) is 3.50. The molecule has 2 aromatic carbocycles. The fourth-order valence-electron chi connectivity index (χ4n) is 1.98. The predicted octanol–water partition coefficient (Wildman–Crippen LogP) is 7.22. The summed E-state index contributed by atoms with van der Waals surface area (Å²) in [6.07, 6.45) is 0. The van der Waals surface area contributed by atoms with Crippen LogP contribution >= 0.6 is 63.7 Å². The van der Waals surface area contributed by atoms with E-state index < -0.39 is 0 Å². The Morgan fingerprint density at radius 2 is 1.50 bits per heavy atom. The Labute approximate surface area is 153 Å². The van der Waals surface area contributed by atoms with Gasteiger partial charge in [0.2, 0.25) is 0 Å². The van der Waals surface area contributed by atoms with Gasteiger partial charge >= 0.3 is 0 Å². The maximum Gasteiger partial charge on any atom is 0.0633 e. The van der Waals surface area contributed by atoms with Crippen LogP contribution in [0.2, 0.25) is 0 Å². The van der Waals surface area contributed by atoms with Gasteiger partial charge in [0.05, 0.1) is 5.69 Å². The van der Waals surface area contributed by atoms with Gasteiger partial charge in [-0.15, -0.1) is 0 Å². The van der Waals surface area contributed by atoms with E-state index in [1.807, 2.05) is 0 Å². The molecule has 0 spiro atoms. The lowest BCUT2D eigenvalue weighted by Crippen LogP contribution is -2.08. The van der Waals surface area contributed by atoms with Crippen LogP contribution in [0.5, 0.6) is 0 Å². The number of benzene rings is 2. The Bertz CT molecular complexity index is 617. The second-order valence-electron chi connectivity index (χ2n) is 4.64. The van der Waals surface area contributed by atoms with Crippen LogP contribution in [0.3, 0.4) is 0 Å². The molecule has 0 aliphatic heterocycles. The lowest BCUT2D eigenvalue weighted by atomic mass is 10.1. The minimum absolute atomic E-state index is 0.188. The van der Waals surface area contributed by atoms with E-state index >= 15 is 0 Å². The van der Waals surface area contributed by atoms with Gasteiger partial charge in [-0.1, -0.05) is 37.9 Å². The molecule has 0 fully saturated rings. The second kappa shape index (κ2) is 6.95. The molecular weight excluding hydrogens is 514 g/mol. The number of hydrogen-bond donors (Lipinski definition) is 1. The molecule has 2 aromatic rings. The smallest absolute Gasteiger partial charge is 0.0633 e. The third-order valence-electron chi connectivity index (χ3n) is 2.98. The highest BCUT2D eigenvalue weighted by Crippen LogP contribution is 2.36.